The van der Waals surface area contributed by atoms with Crippen molar-refractivity contribution < 1.29 is 8.42 Å². The number of aromatic nitrogens is 4. The Balaban J connectivity index is 1.95. The molecule has 0 spiro atoms. The number of nitrogens with two attached hydrogens (primary N) is 1. The normalized spacial score (nSPS) is 11.7. The molecule has 0 aliphatic rings. The van der Waals surface area contributed by atoms with Gasteiger partial charge < -0.3 is 0 Å². The van der Waals surface area contributed by atoms with E-state index in [-0.39, 0.29) is 4.90 Å². The van der Waals surface area contributed by atoms with E-state index in [1.807, 2.05) is 30.9 Å². The van der Waals surface area contributed by atoms with Crippen molar-refractivity contribution in [2.75, 3.05) is 4.90 Å². The lowest BCUT2D eigenvalue weighted by Crippen LogP contribution is -2.15. The summed E-state index contributed by atoms with van der Waals surface area (Å²) >= 11 is 0. The van der Waals surface area contributed by atoms with Gasteiger partial charge in [0, 0.05) is 5.69 Å². The number of benzene rings is 2. The number of nitrogens with one attached hydrogen (secondary N) is 1. The van der Waals surface area contributed by atoms with E-state index < -0.39 is 10.0 Å². The molecule has 4 rings (SSSR count). The van der Waals surface area contributed by atoms with Crippen LogP contribution in [0, 0.1) is 13.8 Å². The second kappa shape index (κ2) is 6.70. The average Bonchev–Trinajstić information content (AvgIpc) is 3.13. The van der Waals surface area contributed by atoms with Crippen molar-refractivity contribution in [2.45, 2.75) is 18.7 Å². The first-order valence-corrected chi connectivity index (χ1v) is 10.0. The molecule has 0 fully saturated rings. The third kappa shape index (κ3) is 3.21. The van der Waals surface area contributed by atoms with Crippen LogP contribution in [0.25, 0.3) is 11.0 Å². The number of hydrogen-bond donors (Lipinski definition) is 2. The zero-order valence-electron chi connectivity index (χ0n) is 15.3. The summed E-state index contributed by atoms with van der Waals surface area (Å²) in [6.45, 7) is 4.04. The maximum atomic E-state index is 11.6. The second-order valence-electron chi connectivity index (χ2n) is 6.49. The number of primary sulfonamides is 1. The highest BCUT2D eigenvalue weighted by molar-refractivity contribution is 7.89. The molecule has 2 heterocycles. The number of aryl methyl sites for hydroxylation is 2. The summed E-state index contributed by atoms with van der Waals surface area (Å²) in [6.07, 6.45) is 3.13. The van der Waals surface area contributed by atoms with Gasteiger partial charge in [0.2, 0.25) is 10.0 Å². The molecule has 4 aromatic rings. The minimum Gasteiger partial charge on any atom is -0.294 e. The van der Waals surface area contributed by atoms with Gasteiger partial charge in [-0.2, -0.15) is 5.10 Å². The van der Waals surface area contributed by atoms with E-state index in [1.54, 1.807) is 18.3 Å². The standard InChI is InChI=1S/C19H18N6O2S/c1-12-3-8-17(13(2)9-12)25(14-4-6-15(7-5-14)28(20,26)27)19-16-10-23-24-18(16)21-11-22-19/h3-11H,1-2H3,(H2,20,26,27)(H,21,22,23,24). The molecule has 0 bridgehead atoms. The van der Waals surface area contributed by atoms with Gasteiger partial charge in [-0.15, -0.1) is 0 Å². The van der Waals surface area contributed by atoms with Crippen LogP contribution >= 0.6 is 0 Å². The topological polar surface area (TPSA) is 118 Å². The van der Waals surface area contributed by atoms with Gasteiger partial charge >= 0.3 is 0 Å². The molecule has 0 amide bonds. The average molecular weight is 394 g/mol. The third-order valence-corrected chi connectivity index (χ3v) is 5.38. The lowest BCUT2D eigenvalue weighted by atomic mass is 10.1. The number of nitrogens with zero attached hydrogens (tertiary/aromatic N) is 4. The number of hydrogen-bond acceptors (Lipinski definition) is 6. The van der Waals surface area contributed by atoms with Gasteiger partial charge in [-0.25, -0.2) is 23.5 Å². The minimum atomic E-state index is -3.77. The summed E-state index contributed by atoms with van der Waals surface area (Å²) in [5.74, 6) is 0.633. The first-order chi connectivity index (χ1) is 13.3. The first-order valence-electron chi connectivity index (χ1n) is 8.49. The van der Waals surface area contributed by atoms with Crippen LogP contribution in [0.15, 0.2) is 59.9 Å². The Labute approximate surface area is 162 Å². The number of sulfonamides is 1. The van der Waals surface area contributed by atoms with Gasteiger partial charge in [0.25, 0.3) is 0 Å². The van der Waals surface area contributed by atoms with E-state index in [0.717, 1.165) is 27.9 Å². The van der Waals surface area contributed by atoms with E-state index in [1.165, 1.54) is 18.5 Å². The van der Waals surface area contributed by atoms with Crippen molar-refractivity contribution in [1.82, 2.24) is 20.2 Å². The van der Waals surface area contributed by atoms with Crippen molar-refractivity contribution in [3.8, 4) is 0 Å². The van der Waals surface area contributed by atoms with Crippen molar-refractivity contribution in [3.05, 3.63) is 66.1 Å². The van der Waals surface area contributed by atoms with Crippen LogP contribution in [0.1, 0.15) is 11.1 Å². The maximum Gasteiger partial charge on any atom is 0.238 e. The van der Waals surface area contributed by atoms with Crippen molar-refractivity contribution in [1.29, 1.82) is 0 Å². The molecule has 0 radical (unpaired) electrons. The molecule has 8 nitrogen and oxygen atoms in total. The molecule has 0 unspecified atom stereocenters. The molecule has 0 atom stereocenters. The van der Waals surface area contributed by atoms with Crippen molar-refractivity contribution >= 4 is 38.2 Å². The number of anilines is 3. The Morgan fingerprint density at radius 1 is 1.04 bits per heavy atom. The molecule has 2 aromatic carbocycles. The minimum absolute atomic E-state index is 0.0490. The van der Waals surface area contributed by atoms with Crippen LogP contribution in [0.4, 0.5) is 17.2 Å². The maximum absolute atomic E-state index is 11.6. The highest BCUT2D eigenvalue weighted by Gasteiger charge is 2.20. The fraction of sp³-hybridized carbons (Fsp3) is 0.105. The van der Waals surface area contributed by atoms with E-state index in [2.05, 4.69) is 26.2 Å². The fourth-order valence-electron chi connectivity index (χ4n) is 3.15. The van der Waals surface area contributed by atoms with Crippen LogP contribution in [-0.4, -0.2) is 28.6 Å². The summed E-state index contributed by atoms with van der Waals surface area (Å²) in [5, 5.41) is 12.9. The number of H-pyrrole nitrogens is 1. The molecule has 28 heavy (non-hydrogen) atoms. The van der Waals surface area contributed by atoms with Crippen LogP contribution in [0.2, 0.25) is 0 Å². The Hall–Kier alpha value is -3.30. The Bertz CT molecular complexity index is 1270. The highest BCUT2D eigenvalue weighted by atomic mass is 32.2. The number of aromatic amines is 1. The molecule has 142 valence electrons. The molecule has 9 heteroatoms. The molecule has 0 aliphatic heterocycles. The molecule has 0 saturated heterocycles. The van der Waals surface area contributed by atoms with E-state index in [4.69, 9.17) is 5.14 Å². The van der Waals surface area contributed by atoms with Gasteiger partial charge in [0.1, 0.15) is 6.33 Å². The fourth-order valence-corrected chi connectivity index (χ4v) is 3.66. The number of fused-ring (bicyclic) bond motifs is 1. The molecule has 0 saturated carbocycles. The van der Waals surface area contributed by atoms with Gasteiger partial charge in [-0.3, -0.25) is 10.00 Å². The molecule has 0 aliphatic carbocycles. The smallest absolute Gasteiger partial charge is 0.238 e. The third-order valence-electron chi connectivity index (χ3n) is 4.46. The SMILES string of the molecule is Cc1ccc(N(c2ccc(S(N)(=O)=O)cc2)c2ncnc3[nH]ncc23)c(C)c1. The Morgan fingerprint density at radius 2 is 1.79 bits per heavy atom. The Kier molecular flexibility index (Phi) is 4.33. The van der Waals surface area contributed by atoms with Crippen LogP contribution in [-0.2, 0) is 10.0 Å². The van der Waals surface area contributed by atoms with E-state index >= 15 is 0 Å². The van der Waals surface area contributed by atoms with Crippen LogP contribution in [0.5, 0.6) is 0 Å². The van der Waals surface area contributed by atoms with Crippen LogP contribution < -0.4 is 10.0 Å². The lowest BCUT2D eigenvalue weighted by Gasteiger charge is -2.26. The van der Waals surface area contributed by atoms with Gasteiger partial charge in [0.15, 0.2) is 11.5 Å². The predicted molar refractivity (Wildman–Crippen MR) is 107 cm³/mol. The van der Waals surface area contributed by atoms with E-state index in [9.17, 15) is 8.42 Å². The van der Waals surface area contributed by atoms with Gasteiger partial charge in [-0.05, 0) is 49.7 Å². The van der Waals surface area contributed by atoms with Crippen molar-refractivity contribution in [3.63, 3.8) is 0 Å². The quantitative estimate of drug-likeness (QED) is 0.549. The summed E-state index contributed by atoms with van der Waals surface area (Å²) in [7, 11) is -3.77. The van der Waals surface area contributed by atoms with Crippen LogP contribution in [0.3, 0.4) is 0 Å². The van der Waals surface area contributed by atoms with Gasteiger partial charge in [-0.1, -0.05) is 17.7 Å². The van der Waals surface area contributed by atoms with Gasteiger partial charge in [0.05, 0.1) is 22.2 Å². The summed E-state index contributed by atoms with van der Waals surface area (Å²) in [5.41, 5.74) is 4.45. The molecule has 2 aromatic heterocycles. The summed E-state index contributed by atoms with van der Waals surface area (Å²) in [4.78, 5) is 10.7. The van der Waals surface area contributed by atoms with E-state index in [0.29, 0.717) is 11.5 Å². The largest absolute Gasteiger partial charge is 0.294 e. The molecule has 3 N–H and O–H groups in total. The summed E-state index contributed by atoms with van der Waals surface area (Å²) in [6, 6.07) is 12.5. The predicted octanol–water partition coefficient (Wildman–Crippen LogP) is 3.09. The lowest BCUT2D eigenvalue weighted by molar-refractivity contribution is 0.598. The monoisotopic (exact) mass is 394 g/mol. The molecular weight excluding hydrogens is 376 g/mol. The second-order valence-corrected chi connectivity index (χ2v) is 8.06. The first kappa shape index (κ1) is 18.1. The zero-order valence-corrected chi connectivity index (χ0v) is 16.1. The zero-order chi connectivity index (χ0) is 19.9. The molecular formula is C19H18N6O2S. The Morgan fingerprint density at radius 3 is 2.46 bits per heavy atom. The summed E-state index contributed by atoms with van der Waals surface area (Å²) < 4.78 is 23.2. The van der Waals surface area contributed by atoms with Crippen molar-refractivity contribution in [2.24, 2.45) is 5.14 Å². The highest BCUT2D eigenvalue weighted by Crippen LogP contribution is 2.38. The number of rotatable bonds is 4.